The van der Waals surface area contributed by atoms with Gasteiger partial charge in [0.25, 0.3) is 5.72 Å². The van der Waals surface area contributed by atoms with Gasteiger partial charge in [-0.25, -0.2) is 4.79 Å². The molecule has 4 atom stereocenters. The number of epoxide rings is 1. The molecule has 5 rings (SSSR count). The first-order valence-electron chi connectivity index (χ1n) is 9.97. The van der Waals surface area contributed by atoms with Crippen LogP contribution < -0.4 is 0 Å². The van der Waals surface area contributed by atoms with Crippen molar-refractivity contribution in [1.29, 1.82) is 0 Å². The maximum Gasteiger partial charge on any atom is 0.352 e. The first kappa shape index (κ1) is 17.9. The van der Waals surface area contributed by atoms with Crippen molar-refractivity contribution < 1.29 is 23.9 Å². The summed E-state index contributed by atoms with van der Waals surface area (Å²) in [6, 6.07) is 18.4. The van der Waals surface area contributed by atoms with Crippen LogP contribution in [0, 0.1) is 0 Å². The zero-order chi connectivity index (χ0) is 19.6. The molecule has 0 aromatic heterocycles. The summed E-state index contributed by atoms with van der Waals surface area (Å²) in [6.45, 7) is 0. The van der Waals surface area contributed by atoms with Gasteiger partial charge in [-0.2, -0.15) is 0 Å². The monoisotopic (exact) mass is 380 g/mol. The van der Waals surface area contributed by atoms with Gasteiger partial charge in [0.2, 0.25) is 5.60 Å². The molecule has 2 aromatic rings. The molecule has 3 saturated heterocycles. The SMILES string of the molecule is C[N+]1(C)C2CCCC1(OC(=O)C(O)(c1ccccc1)c1ccccc1)C1OC12. The third-order valence-corrected chi connectivity index (χ3v) is 7.14. The molecule has 0 aliphatic carbocycles. The highest BCUT2D eigenvalue weighted by Gasteiger charge is 2.80. The van der Waals surface area contributed by atoms with Gasteiger partial charge in [0.05, 0.1) is 14.1 Å². The van der Waals surface area contributed by atoms with Crippen molar-refractivity contribution in [2.75, 3.05) is 14.1 Å². The highest BCUT2D eigenvalue weighted by atomic mass is 16.7. The van der Waals surface area contributed by atoms with Crippen molar-refractivity contribution in [2.45, 2.75) is 48.8 Å². The van der Waals surface area contributed by atoms with E-state index in [2.05, 4.69) is 14.1 Å². The lowest BCUT2D eigenvalue weighted by Gasteiger charge is -2.50. The van der Waals surface area contributed by atoms with E-state index in [0.717, 1.165) is 19.3 Å². The molecule has 3 fully saturated rings. The first-order chi connectivity index (χ1) is 13.4. The predicted octanol–water partition coefficient (Wildman–Crippen LogP) is 2.57. The number of fused-ring (bicyclic) bond motifs is 5. The molecule has 5 heteroatoms. The number of piperidine rings is 1. The predicted molar refractivity (Wildman–Crippen MR) is 103 cm³/mol. The Bertz CT molecular complexity index is 858. The van der Waals surface area contributed by atoms with Gasteiger partial charge >= 0.3 is 5.97 Å². The number of benzene rings is 2. The Hall–Kier alpha value is -2.21. The maximum atomic E-state index is 13.6. The standard InChI is InChI=1S/C23H26NO4/c1-24(2)18-14-9-15-22(24,20-19(18)27-20)28-21(25)23(26,16-10-5-3-6-11-16)17-12-7-4-8-13-17/h3-8,10-13,18-20,26H,9,14-15H2,1-2H3/q+1. The number of quaternary nitrogens is 1. The number of esters is 1. The molecule has 5 nitrogen and oxygen atoms in total. The Morgan fingerprint density at radius 2 is 1.68 bits per heavy atom. The molecular weight excluding hydrogens is 354 g/mol. The van der Waals surface area contributed by atoms with Crippen LogP contribution in [0.5, 0.6) is 0 Å². The van der Waals surface area contributed by atoms with E-state index in [1.807, 2.05) is 36.4 Å². The third kappa shape index (κ3) is 2.21. The van der Waals surface area contributed by atoms with Gasteiger partial charge in [-0.3, -0.25) is 4.48 Å². The van der Waals surface area contributed by atoms with Gasteiger partial charge in [-0.15, -0.1) is 0 Å². The number of carbonyl (C=O) groups excluding carboxylic acids is 1. The van der Waals surface area contributed by atoms with E-state index in [-0.39, 0.29) is 12.2 Å². The highest BCUT2D eigenvalue weighted by molar-refractivity contribution is 5.85. The Balaban J connectivity index is 1.57. The Labute approximate surface area is 165 Å². The number of carbonyl (C=O) groups is 1. The van der Waals surface area contributed by atoms with E-state index in [1.54, 1.807) is 24.3 Å². The number of hydrogen-bond donors (Lipinski definition) is 1. The van der Waals surface area contributed by atoms with Crippen LogP contribution in [0.1, 0.15) is 30.4 Å². The zero-order valence-corrected chi connectivity index (χ0v) is 16.2. The van der Waals surface area contributed by atoms with Crippen LogP contribution in [0.15, 0.2) is 60.7 Å². The molecule has 3 heterocycles. The lowest BCUT2D eigenvalue weighted by Crippen LogP contribution is -2.68. The molecule has 2 bridgehead atoms. The van der Waals surface area contributed by atoms with Crippen LogP contribution in [0.25, 0.3) is 0 Å². The van der Waals surface area contributed by atoms with Crippen molar-refractivity contribution in [1.82, 2.24) is 0 Å². The van der Waals surface area contributed by atoms with Crippen LogP contribution in [-0.4, -0.2) is 53.6 Å². The topological polar surface area (TPSA) is 59.1 Å². The van der Waals surface area contributed by atoms with E-state index in [1.165, 1.54) is 0 Å². The van der Waals surface area contributed by atoms with Crippen LogP contribution in [0.4, 0.5) is 0 Å². The van der Waals surface area contributed by atoms with Crippen LogP contribution in [0.2, 0.25) is 0 Å². The quantitative estimate of drug-likeness (QED) is 0.503. The Morgan fingerprint density at radius 1 is 1.11 bits per heavy atom. The van der Waals surface area contributed by atoms with Crippen molar-refractivity contribution >= 4 is 5.97 Å². The summed E-state index contributed by atoms with van der Waals surface area (Å²) in [5.74, 6) is -0.632. The zero-order valence-electron chi connectivity index (χ0n) is 16.2. The second kappa shape index (κ2) is 5.89. The van der Waals surface area contributed by atoms with E-state index in [0.29, 0.717) is 21.7 Å². The number of aliphatic hydroxyl groups is 1. The number of likely N-dealkylation sites (N-methyl/N-ethyl adjacent to an activating group) is 1. The maximum absolute atomic E-state index is 13.6. The summed E-state index contributed by atoms with van der Waals surface area (Å²) in [5.41, 5.74) is -1.59. The molecule has 0 saturated carbocycles. The van der Waals surface area contributed by atoms with E-state index in [9.17, 15) is 9.90 Å². The average Bonchev–Trinajstić information content (AvgIpc) is 3.49. The summed E-state index contributed by atoms with van der Waals surface area (Å²) in [4.78, 5) is 13.6. The van der Waals surface area contributed by atoms with Gasteiger partial charge in [-0.05, 0) is 17.5 Å². The average molecular weight is 380 g/mol. The van der Waals surface area contributed by atoms with Crippen molar-refractivity contribution in [2.24, 2.45) is 0 Å². The molecule has 3 aliphatic rings. The molecular formula is C23H26NO4+. The normalized spacial score (nSPS) is 32.5. The Kier molecular flexibility index (Phi) is 3.76. The summed E-state index contributed by atoms with van der Waals surface area (Å²) in [6.07, 6.45) is 2.92. The van der Waals surface area contributed by atoms with Gasteiger partial charge in [0.1, 0.15) is 12.1 Å². The molecule has 146 valence electrons. The molecule has 28 heavy (non-hydrogen) atoms. The minimum atomic E-state index is -1.86. The molecule has 3 aliphatic heterocycles. The van der Waals surface area contributed by atoms with Crippen molar-refractivity contribution in [3.05, 3.63) is 71.8 Å². The van der Waals surface area contributed by atoms with Gasteiger partial charge in [-0.1, -0.05) is 60.7 Å². The lowest BCUT2D eigenvalue weighted by atomic mass is 9.86. The molecule has 1 N–H and O–H groups in total. The van der Waals surface area contributed by atoms with Crippen molar-refractivity contribution in [3.8, 4) is 0 Å². The summed E-state index contributed by atoms with van der Waals surface area (Å²) in [7, 11) is 4.24. The van der Waals surface area contributed by atoms with E-state index < -0.39 is 17.3 Å². The molecule has 4 unspecified atom stereocenters. The van der Waals surface area contributed by atoms with E-state index >= 15 is 0 Å². The number of ether oxygens (including phenoxy) is 2. The van der Waals surface area contributed by atoms with Crippen LogP contribution in [0.3, 0.4) is 0 Å². The van der Waals surface area contributed by atoms with Crippen LogP contribution in [-0.2, 0) is 19.9 Å². The minimum absolute atomic E-state index is 0.0743. The lowest BCUT2D eigenvalue weighted by molar-refractivity contribution is -0.984. The van der Waals surface area contributed by atoms with Gasteiger partial charge < -0.3 is 14.6 Å². The van der Waals surface area contributed by atoms with Gasteiger partial charge in [0.15, 0.2) is 6.10 Å². The first-order valence-corrected chi connectivity index (χ1v) is 9.97. The highest BCUT2D eigenvalue weighted by Crippen LogP contribution is 2.59. The number of morpholine rings is 1. The summed E-state index contributed by atoms with van der Waals surface area (Å²) < 4.78 is 12.8. The number of hydrogen-bond acceptors (Lipinski definition) is 4. The molecule has 0 radical (unpaired) electrons. The van der Waals surface area contributed by atoms with Gasteiger partial charge in [0, 0.05) is 12.8 Å². The fourth-order valence-electron chi connectivity index (χ4n) is 5.46. The largest absolute Gasteiger partial charge is 0.404 e. The second-order valence-corrected chi connectivity index (χ2v) is 8.70. The molecule has 0 amide bonds. The number of rotatable bonds is 4. The van der Waals surface area contributed by atoms with E-state index in [4.69, 9.17) is 9.47 Å². The fourth-order valence-corrected chi connectivity index (χ4v) is 5.46. The fraction of sp³-hybridized carbons (Fsp3) is 0.435. The summed E-state index contributed by atoms with van der Waals surface area (Å²) in [5, 5.41) is 11.7. The third-order valence-electron chi connectivity index (χ3n) is 7.14. The molecule has 2 aromatic carbocycles. The Morgan fingerprint density at radius 3 is 2.25 bits per heavy atom. The smallest absolute Gasteiger partial charge is 0.352 e. The minimum Gasteiger partial charge on any atom is -0.404 e. The summed E-state index contributed by atoms with van der Waals surface area (Å²) >= 11 is 0. The molecule has 0 spiro atoms. The van der Waals surface area contributed by atoms with Crippen molar-refractivity contribution in [3.63, 3.8) is 0 Å². The second-order valence-electron chi connectivity index (χ2n) is 8.70. The van der Waals surface area contributed by atoms with Crippen LogP contribution >= 0.6 is 0 Å². The number of nitrogens with zero attached hydrogens (tertiary/aromatic N) is 1.